The van der Waals surface area contributed by atoms with Crippen molar-refractivity contribution in [2.24, 2.45) is 17.1 Å². The Hall–Kier alpha value is -0.330. The first-order valence-corrected chi connectivity index (χ1v) is 6.86. The molecule has 0 bridgehead atoms. The van der Waals surface area contributed by atoms with Crippen LogP contribution in [0.5, 0.6) is 0 Å². The predicted octanol–water partition coefficient (Wildman–Crippen LogP) is 2.06. The Labute approximate surface area is 112 Å². The van der Waals surface area contributed by atoms with Gasteiger partial charge in [-0.15, -0.1) is 0 Å². The second-order valence-corrected chi connectivity index (χ2v) is 6.34. The lowest BCUT2D eigenvalue weighted by molar-refractivity contribution is -0.153. The number of fused-ring (bicyclic) bond motifs is 1. The fourth-order valence-electron chi connectivity index (χ4n) is 3.54. The van der Waals surface area contributed by atoms with Gasteiger partial charge in [-0.1, -0.05) is 13.8 Å². The maximum absolute atomic E-state index is 12.0. The Morgan fingerprint density at radius 1 is 1.37 bits per heavy atom. The fourth-order valence-corrected chi connectivity index (χ4v) is 3.54. The SMILES string of the molecule is CC1(C)C2OCCC2C1(N)CNCCCC(F)(F)F. The van der Waals surface area contributed by atoms with Gasteiger partial charge >= 0.3 is 6.18 Å². The summed E-state index contributed by atoms with van der Waals surface area (Å²) in [6.45, 7) is 5.81. The van der Waals surface area contributed by atoms with Crippen LogP contribution in [0, 0.1) is 11.3 Å². The number of halogens is 3. The van der Waals surface area contributed by atoms with Gasteiger partial charge in [0, 0.05) is 36.4 Å². The van der Waals surface area contributed by atoms with Gasteiger partial charge in [-0.25, -0.2) is 0 Å². The lowest BCUT2D eigenvalue weighted by Crippen LogP contribution is -2.78. The third-order valence-electron chi connectivity index (χ3n) is 4.90. The molecule has 112 valence electrons. The van der Waals surface area contributed by atoms with Gasteiger partial charge in [-0.05, 0) is 19.4 Å². The molecule has 6 heteroatoms. The number of ether oxygens (including phenoxy) is 1. The van der Waals surface area contributed by atoms with Crippen molar-refractivity contribution in [2.45, 2.75) is 50.9 Å². The number of rotatable bonds is 5. The van der Waals surface area contributed by atoms with Crippen molar-refractivity contribution in [1.29, 1.82) is 0 Å². The molecule has 1 saturated heterocycles. The maximum atomic E-state index is 12.0. The molecule has 3 nitrogen and oxygen atoms in total. The summed E-state index contributed by atoms with van der Waals surface area (Å²) >= 11 is 0. The van der Waals surface area contributed by atoms with Crippen molar-refractivity contribution in [2.75, 3.05) is 19.7 Å². The molecule has 0 aromatic rings. The van der Waals surface area contributed by atoms with Crippen molar-refractivity contribution in [1.82, 2.24) is 5.32 Å². The molecular formula is C13H23F3N2O. The molecule has 0 aromatic carbocycles. The molecule has 3 atom stereocenters. The number of alkyl halides is 3. The Bertz CT molecular complexity index is 332. The second kappa shape index (κ2) is 4.90. The summed E-state index contributed by atoms with van der Waals surface area (Å²) in [6.07, 6.45) is -3.55. The van der Waals surface area contributed by atoms with E-state index in [2.05, 4.69) is 19.2 Å². The molecule has 19 heavy (non-hydrogen) atoms. The van der Waals surface area contributed by atoms with Gasteiger partial charge in [0.05, 0.1) is 6.10 Å². The predicted molar refractivity (Wildman–Crippen MR) is 66.7 cm³/mol. The maximum Gasteiger partial charge on any atom is 0.389 e. The normalized spacial score (nSPS) is 36.9. The molecule has 0 amide bonds. The third-order valence-corrected chi connectivity index (χ3v) is 4.90. The molecule has 3 N–H and O–H groups in total. The summed E-state index contributed by atoms with van der Waals surface area (Å²) in [5.74, 6) is 0.331. The Morgan fingerprint density at radius 2 is 2.05 bits per heavy atom. The van der Waals surface area contributed by atoms with E-state index in [-0.39, 0.29) is 23.5 Å². The molecule has 1 saturated carbocycles. The summed E-state index contributed by atoms with van der Waals surface area (Å²) < 4.78 is 41.8. The van der Waals surface area contributed by atoms with E-state index in [0.29, 0.717) is 19.0 Å². The molecule has 1 aliphatic heterocycles. The van der Waals surface area contributed by atoms with Gasteiger partial charge < -0.3 is 15.8 Å². The monoisotopic (exact) mass is 280 g/mol. The van der Waals surface area contributed by atoms with E-state index in [1.807, 2.05) is 0 Å². The van der Waals surface area contributed by atoms with Gasteiger partial charge in [-0.2, -0.15) is 13.2 Å². The molecule has 0 spiro atoms. The van der Waals surface area contributed by atoms with Crippen molar-refractivity contribution in [3.8, 4) is 0 Å². The molecule has 3 unspecified atom stereocenters. The first-order valence-electron chi connectivity index (χ1n) is 6.86. The Kier molecular flexibility index (Phi) is 3.88. The van der Waals surface area contributed by atoms with Gasteiger partial charge in [0.15, 0.2) is 0 Å². The van der Waals surface area contributed by atoms with Gasteiger partial charge in [-0.3, -0.25) is 0 Å². The van der Waals surface area contributed by atoms with E-state index in [1.54, 1.807) is 0 Å². The Balaban J connectivity index is 1.76. The highest BCUT2D eigenvalue weighted by molar-refractivity contribution is 5.21. The van der Waals surface area contributed by atoms with Crippen LogP contribution < -0.4 is 11.1 Å². The smallest absolute Gasteiger partial charge is 0.377 e. The van der Waals surface area contributed by atoms with Crippen molar-refractivity contribution >= 4 is 0 Å². The first-order chi connectivity index (χ1) is 8.68. The van der Waals surface area contributed by atoms with Crippen LogP contribution in [0.4, 0.5) is 13.2 Å². The van der Waals surface area contributed by atoms with Crippen LogP contribution in [-0.2, 0) is 4.74 Å². The van der Waals surface area contributed by atoms with E-state index in [4.69, 9.17) is 10.5 Å². The van der Waals surface area contributed by atoms with E-state index in [0.717, 1.165) is 13.0 Å². The molecule has 0 aromatic heterocycles. The van der Waals surface area contributed by atoms with E-state index < -0.39 is 12.6 Å². The molecule has 0 radical (unpaired) electrons. The number of nitrogens with one attached hydrogen (secondary N) is 1. The standard InChI is InChI=1S/C13H23F3N2O/c1-11(2)10-9(4-7-19-10)12(11,17)8-18-6-3-5-13(14,15)16/h9-10,18H,3-8,17H2,1-2H3. The van der Waals surface area contributed by atoms with Crippen LogP contribution in [0.3, 0.4) is 0 Å². The minimum Gasteiger partial charge on any atom is -0.377 e. The van der Waals surface area contributed by atoms with Gasteiger partial charge in [0.25, 0.3) is 0 Å². The summed E-state index contributed by atoms with van der Waals surface area (Å²) in [5, 5.41) is 3.09. The zero-order chi connectivity index (χ0) is 14.3. The van der Waals surface area contributed by atoms with Crippen LogP contribution >= 0.6 is 0 Å². The first kappa shape index (κ1) is 15.1. The van der Waals surface area contributed by atoms with Crippen LogP contribution in [0.15, 0.2) is 0 Å². The minimum absolute atomic E-state index is 0.102. The molecule has 1 aliphatic carbocycles. The largest absolute Gasteiger partial charge is 0.389 e. The summed E-state index contributed by atoms with van der Waals surface area (Å²) in [4.78, 5) is 0. The quantitative estimate of drug-likeness (QED) is 0.758. The highest BCUT2D eigenvalue weighted by Crippen LogP contribution is 2.57. The van der Waals surface area contributed by atoms with E-state index in [1.165, 1.54) is 0 Å². The molecule has 2 fully saturated rings. The second-order valence-electron chi connectivity index (χ2n) is 6.34. The zero-order valence-electron chi connectivity index (χ0n) is 11.5. The average molecular weight is 280 g/mol. The fraction of sp³-hybridized carbons (Fsp3) is 1.00. The van der Waals surface area contributed by atoms with Crippen molar-refractivity contribution < 1.29 is 17.9 Å². The highest BCUT2D eigenvalue weighted by Gasteiger charge is 2.67. The Morgan fingerprint density at radius 3 is 2.68 bits per heavy atom. The van der Waals surface area contributed by atoms with Crippen LogP contribution in [0.2, 0.25) is 0 Å². The molecule has 2 aliphatic rings. The minimum atomic E-state index is -4.07. The van der Waals surface area contributed by atoms with Gasteiger partial charge in [0.2, 0.25) is 0 Å². The van der Waals surface area contributed by atoms with Crippen LogP contribution in [0.1, 0.15) is 33.1 Å². The molecular weight excluding hydrogens is 257 g/mol. The summed E-state index contributed by atoms with van der Waals surface area (Å²) in [7, 11) is 0. The lowest BCUT2D eigenvalue weighted by Gasteiger charge is -2.62. The number of nitrogens with two attached hydrogens (primary N) is 1. The van der Waals surface area contributed by atoms with Gasteiger partial charge in [0.1, 0.15) is 0 Å². The summed E-state index contributed by atoms with van der Waals surface area (Å²) in [5.41, 5.74) is 5.98. The topological polar surface area (TPSA) is 47.3 Å². The summed E-state index contributed by atoms with van der Waals surface area (Å²) in [6, 6.07) is 0. The highest BCUT2D eigenvalue weighted by atomic mass is 19.4. The van der Waals surface area contributed by atoms with Crippen molar-refractivity contribution in [3.05, 3.63) is 0 Å². The van der Waals surface area contributed by atoms with Crippen LogP contribution in [-0.4, -0.2) is 37.5 Å². The molecule has 1 heterocycles. The molecule has 2 rings (SSSR count). The van der Waals surface area contributed by atoms with E-state index >= 15 is 0 Å². The number of hydrogen-bond donors (Lipinski definition) is 2. The van der Waals surface area contributed by atoms with Crippen LogP contribution in [0.25, 0.3) is 0 Å². The third kappa shape index (κ3) is 2.62. The number of hydrogen-bond acceptors (Lipinski definition) is 3. The lowest BCUT2D eigenvalue weighted by atomic mass is 9.48. The average Bonchev–Trinajstić information content (AvgIpc) is 2.74. The zero-order valence-corrected chi connectivity index (χ0v) is 11.5. The van der Waals surface area contributed by atoms with E-state index in [9.17, 15) is 13.2 Å². The van der Waals surface area contributed by atoms with Crippen molar-refractivity contribution in [3.63, 3.8) is 0 Å².